The minimum Gasteiger partial charge on any atom is -0.493 e. The summed E-state index contributed by atoms with van der Waals surface area (Å²) in [6.45, 7) is 4.12. The van der Waals surface area contributed by atoms with E-state index in [2.05, 4.69) is 11.9 Å². The third-order valence-corrected chi connectivity index (χ3v) is 3.89. The van der Waals surface area contributed by atoms with E-state index in [-0.39, 0.29) is 18.3 Å². The highest BCUT2D eigenvalue weighted by Gasteiger charge is 2.16. The topological polar surface area (TPSA) is 73.6 Å². The van der Waals surface area contributed by atoms with Gasteiger partial charge in [0.05, 0.1) is 14.2 Å². The first-order valence-corrected chi connectivity index (χ1v) is 8.03. The fourth-order valence-electron chi connectivity index (χ4n) is 2.63. The molecule has 0 bridgehead atoms. The first-order valence-electron chi connectivity index (χ1n) is 8.03. The molecule has 1 amide bonds. The molecule has 0 heterocycles. The summed E-state index contributed by atoms with van der Waals surface area (Å²) in [4.78, 5) is 12.3. The number of nitrogens with one attached hydrogen (secondary N) is 1. The Bertz CT molecular complexity index is 735. The van der Waals surface area contributed by atoms with E-state index in [4.69, 9.17) is 15.2 Å². The van der Waals surface area contributed by atoms with Crippen LogP contribution in [0.4, 0.5) is 0 Å². The summed E-state index contributed by atoms with van der Waals surface area (Å²) < 4.78 is 10.8. The van der Waals surface area contributed by atoms with Crippen molar-refractivity contribution in [2.75, 3.05) is 14.2 Å². The normalized spacial score (nSPS) is 11.0. The number of nitrogens with two attached hydrogens (primary N) is 1. The van der Waals surface area contributed by atoms with E-state index in [1.54, 1.807) is 20.3 Å². The van der Waals surface area contributed by atoms with Crippen LogP contribution in [0.2, 0.25) is 0 Å². The Kier molecular flexibility index (Phi) is 8.68. The Morgan fingerprint density at radius 3 is 2.50 bits per heavy atom. The lowest BCUT2D eigenvalue weighted by Crippen LogP contribution is -2.33. The summed E-state index contributed by atoms with van der Waals surface area (Å²) in [5.41, 5.74) is 8.65. The summed E-state index contributed by atoms with van der Waals surface area (Å²) in [7, 11) is 3.19. The van der Waals surface area contributed by atoms with E-state index < -0.39 is 6.04 Å². The zero-order chi connectivity index (χ0) is 18.2. The maximum atomic E-state index is 12.3. The maximum absolute atomic E-state index is 12.3. The Hall–Kier alpha value is -2.50. The summed E-state index contributed by atoms with van der Waals surface area (Å²) in [6.07, 6.45) is 2.44. The van der Waals surface area contributed by atoms with Crippen molar-refractivity contribution in [2.24, 2.45) is 5.73 Å². The van der Waals surface area contributed by atoms with E-state index >= 15 is 0 Å². The monoisotopic (exact) mass is 376 g/mol. The smallest absolute Gasteiger partial charge is 0.241 e. The molecule has 0 saturated heterocycles. The van der Waals surface area contributed by atoms with Gasteiger partial charge in [-0.2, -0.15) is 0 Å². The summed E-state index contributed by atoms with van der Waals surface area (Å²) in [6, 6.07) is 12.4. The molecule has 0 aliphatic carbocycles. The summed E-state index contributed by atoms with van der Waals surface area (Å²) >= 11 is 0. The Labute approximate surface area is 160 Å². The molecular weight excluding hydrogens is 352 g/mol. The molecule has 6 heteroatoms. The van der Waals surface area contributed by atoms with Gasteiger partial charge in [-0.15, -0.1) is 19.0 Å². The number of benzene rings is 2. The minimum atomic E-state index is -0.700. The lowest BCUT2D eigenvalue weighted by Gasteiger charge is -2.16. The fourth-order valence-corrected chi connectivity index (χ4v) is 2.63. The Morgan fingerprint density at radius 2 is 1.92 bits per heavy atom. The van der Waals surface area contributed by atoms with Gasteiger partial charge in [-0.05, 0) is 29.7 Å². The van der Waals surface area contributed by atoms with Crippen LogP contribution in [0.5, 0.6) is 11.5 Å². The number of hydrogen-bond acceptors (Lipinski definition) is 4. The van der Waals surface area contributed by atoms with Gasteiger partial charge in [0, 0.05) is 12.1 Å². The average molecular weight is 377 g/mol. The molecule has 26 heavy (non-hydrogen) atoms. The van der Waals surface area contributed by atoms with Crippen molar-refractivity contribution in [1.29, 1.82) is 0 Å². The molecule has 3 N–H and O–H groups in total. The molecule has 0 saturated carbocycles. The van der Waals surface area contributed by atoms with Crippen LogP contribution in [0.15, 0.2) is 55.1 Å². The number of halogens is 1. The molecule has 0 aromatic heterocycles. The van der Waals surface area contributed by atoms with Gasteiger partial charge in [0.1, 0.15) is 6.04 Å². The van der Waals surface area contributed by atoms with Crippen LogP contribution in [0.25, 0.3) is 0 Å². The van der Waals surface area contributed by atoms with Crippen LogP contribution in [0.1, 0.15) is 22.7 Å². The first-order chi connectivity index (χ1) is 12.1. The van der Waals surface area contributed by atoms with Gasteiger partial charge in [0.2, 0.25) is 5.91 Å². The van der Waals surface area contributed by atoms with E-state index in [1.165, 1.54) is 0 Å². The number of allylic oxidation sites excluding steroid dienone is 1. The lowest BCUT2D eigenvalue weighted by atomic mass is 10.0. The highest BCUT2D eigenvalue weighted by molar-refractivity contribution is 5.85. The van der Waals surface area contributed by atoms with Crippen LogP contribution >= 0.6 is 12.4 Å². The van der Waals surface area contributed by atoms with Gasteiger partial charge in [-0.3, -0.25) is 4.79 Å². The number of methoxy groups -OCH3 is 2. The zero-order valence-corrected chi connectivity index (χ0v) is 15.8. The standard InChI is InChI=1S/C20H24N2O3.ClH/c1-4-8-16-11-14(12-17(24-2)19(16)25-3)13-22-20(23)18(21)15-9-6-5-7-10-15;/h4-7,9-12,18H,1,8,13,21H2,2-3H3,(H,22,23);1H. The first kappa shape index (κ1) is 21.5. The van der Waals surface area contributed by atoms with Gasteiger partial charge >= 0.3 is 0 Å². The predicted molar refractivity (Wildman–Crippen MR) is 106 cm³/mol. The minimum absolute atomic E-state index is 0. The molecule has 1 atom stereocenters. The van der Waals surface area contributed by atoms with E-state index in [0.717, 1.165) is 16.7 Å². The molecule has 5 nitrogen and oxygen atoms in total. The van der Waals surface area contributed by atoms with E-state index in [9.17, 15) is 4.79 Å². The van der Waals surface area contributed by atoms with Crippen LogP contribution in [-0.2, 0) is 17.8 Å². The van der Waals surface area contributed by atoms with Gasteiger partial charge in [0.15, 0.2) is 11.5 Å². The number of rotatable bonds is 8. The third kappa shape index (κ3) is 5.25. The van der Waals surface area contributed by atoms with Crippen LogP contribution in [0.3, 0.4) is 0 Å². The number of amides is 1. The number of carbonyl (C=O) groups is 1. The molecular formula is C20H25ClN2O3. The quantitative estimate of drug-likeness (QED) is 0.694. The van der Waals surface area contributed by atoms with Crippen LogP contribution in [-0.4, -0.2) is 20.1 Å². The summed E-state index contributed by atoms with van der Waals surface area (Å²) in [5, 5.41) is 2.87. The van der Waals surface area contributed by atoms with Gasteiger partial charge < -0.3 is 20.5 Å². The van der Waals surface area contributed by atoms with E-state index in [1.807, 2.05) is 42.5 Å². The highest BCUT2D eigenvalue weighted by atomic mass is 35.5. The third-order valence-electron chi connectivity index (χ3n) is 3.89. The molecule has 0 fully saturated rings. The predicted octanol–water partition coefficient (Wildman–Crippen LogP) is 3.17. The van der Waals surface area contributed by atoms with Crippen molar-refractivity contribution < 1.29 is 14.3 Å². The molecule has 2 aromatic carbocycles. The van der Waals surface area contributed by atoms with Crippen molar-refractivity contribution in [3.63, 3.8) is 0 Å². The Morgan fingerprint density at radius 1 is 1.23 bits per heavy atom. The summed E-state index contributed by atoms with van der Waals surface area (Å²) in [5.74, 6) is 1.07. The number of hydrogen-bond donors (Lipinski definition) is 2. The van der Waals surface area contributed by atoms with Crippen LogP contribution in [0, 0.1) is 0 Å². The molecule has 0 aliphatic heterocycles. The second-order valence-electron chi connectivity index (χ2n) is 5.59. The zero-order valence-electron chi connectivity index (χ0n) is 15.0. The van der Waals surface area contributed by atoms with Gasteiger partial charge in [0.25, 0.3) is 0 Å². The highest BCUT2D eigenvalue weighted by Crippen LogP contribution is 2.33. The van der Waals surface area contributed by atoms with Crippen molar-refractivity contribution >= 4 is 18.3 Å². The lowest BCUT2D eigenvalue weighted by molar-refractivity contribution is -0.122. The van der Waals surface area contributed by atoms with Crippen molar-refractivity contribution in [2.45, 2.75) is 19.0 Å². The largest absolute Gasteiger partial charge is 0.493 e. The SMILES string of the molecule is C=CCc1cc(CNC(=O)C(N)c2ccccc2)cc(OC)c1OC.Cl. The molecule has 0 radical (unpaired) electrons. The molecule has 1 unspecified atom stereocenters. The molecule has 0 aliphatic rings. The van der Waals surface area contributed by atoms with Crippen molar-refractivity contribution in [3.8, 4) is 11.5 Å². The second kappa shape index (κ2) is 10.5. The van der Waals surface area contributed by atoms with Gasteiger partial charge in [-0.25, -0.2) is 0 Å². The van der Waals surface area contributed by atoms with Crippen molar-refractivity contribution in [1.82, 2.24) is 5.32 Å². The number of ether oxygens (including phenoxy) is 2. The van der Waals surface area contributed by atoms with Gasteiger partial charge in [-0.1, -0.05) is 36.4 Å². The second-order valence-corrected chi connectivity index (χ2v) is 5.59. The molecule has 2 rings (SSSR count). The molecule has 0 spiro atoms. The average Bonchev–Trinajstić information content (AvgIpc) is 2.65. The maximum Gasteiger partial charge on any atom is 0.241 e. The van der Waals surface area contributed by atoms with E-state index in [0.29, 0.717) is 24.5 Å². The van der Waals surface area contributed by atoms with Crippen molar-refractivity contribution in [3.05, 3.63) is 71.8 Å². The fraction of sp³-hybridized carbons (Fsp3) is 0.250. The Balaban J connectivity index is 0.00000338. The van der Waals surface area contributed by atoms with Crippen LogP contribution < -0.4 is 20.5 Å². The molecule has 2 aromatic rings. The molecule has 140 valence electrons. The number of carbonyl (C=O) groups excluding carboxylic acids is 1.